The molecule has 0 aliphatic carbocycles. The number of nitrogens with one attached hydrogen (secondary N) is 1. The number of aryl methyl sites for hydroxylation is 1. The van der Waals surface area contributed by atoms with Gasteiger partial charge in [-0.05, 0) is 67.8 Å². The summed E-state index contributed by atoms with van der Waals surface area (Å²) in [5.41, 5.74) is 3.05. The van der Waals surface area contributed by atoms with Crippen LogP contribution in [0.3, 0.4) is 0 Å². The van der Waals surface area contributed by atoms with Crippen LogP contribution in [0.2, 0.25) is 0 Å². The molecule has 4 rings (SSSR count). The zero-order valence-corrected chi connectivity index (χ0v) is 27.0. The molecule has 4 aromatic rings. The predicted octanol–water partition coefficient (Wildman–Crippen LogP) is 6.11. The van der Waals surface area contributed by atoms with Gasteiger partial charge in [-0.1, -0.05) is 85.3 Å². The van der Waals surface area contributed by atoms with Crippen LogP contribution in [0.5, 0.6) is 11.5 Å². The second kappa shape index (κ2) is 15.4. The molecule has 0 radical (unpaired) electrons. The average Bonchev–Trinajstić information content (AvgIpc) is 3.02. The van der Waals surface area contributed by atoms with E-state index in [2.05, 4.69) is 5.32 Å². The second-order valence-corrected chi connectivity index (χ2v) is 13.1. The fraction of sp³-hybridized carbons (Fsp3) is 0.278. The molecule has 45 heavy (non-hydrogen) atoms. The Morgan fingerprint density at radius 3 is 2.02 bits per heavy atom. The van der Waals surface area contributed by atoms with E-state index < -0.39 is 28.5 Å². The van der Waals surface area contributed by atoms with E-state index in [1.807, 2.05) is 106 Å². The van der Waals surface area contributed by atoms with Crippen molar-refractivity contribution in [3.8, 4) is 11.5 Å². The Labute approximate surface area is 266 Å². The number of amides is 2. The summed E-state index contributed by atoms with van der Waals surface area (Å²) < 4.78 is 33.1. The average molecular weight is 628 g/mol. The van der Waals surface area contributed by atoms with E-state index in [9.17, 15) is 18.0 Å². The highest BCUT2D eigenvalue weighted by molar-refractivity contribution is 7.92. The minimum atomic E-state index is -3.88. The minimum Gasteiger partial charge on any atom is -0.457 e. The molecule has 8 nitrogen and oxygen atoms in total. The Morgan fingerprint density at radius 1 is 0.822 bits per heavy atom. The first kappa shape index (κ1) is 33.3. The highest BCUT2D eigenvalue weighted by Crippen LogP contribution is 2.26. The van der Waals surface area contributed by atoms with Gasteiger partial charge in [0.05, 0.1) is 11.9 Å². The lowest BCUT2D eigenvalue weighted by molar-refractivity contribution is -0.140. The Kier molecular flexibility index (Phi) is 11.4. The van der Waals surface area contributed by atoms with Gasteiger partial charge in [-0.3, -0.25) is 13.9 Å². The van der Waals surface area contributed by atoms with Gasteiger partial charge in [0.15, 0.2) is 0 Å². The van der Waals surface area contributed by atoms with Gasteiger partial charge in [-0.15, -0.1) is 0 Å². The maximum Gasteiger partial charge on any atom is 0.244 e. The number of ether oxygens (including phenoxy) is 1. The van der Waals surface area contributed by atoms with E-state index in [1.165, 1.54) is 4.90 Å². The van der Waals surface area contributed by atoms with Crippen molar-refractivity contribution in [3.63, 3.8) is 0 Å². The van der Waals surface area contributed by atoms with Gasteiger partial charge in [0.2, 0.25) is 21.8 Å². The molecule has 0 saturated heterocycles. The quantitative estimate of drug-likeness (QED) is 0.182. The Balaban J connectivity index is 1.68. The summed E-state index contributed by atoms with van der Waals surface area (Å²) in [4.78, 5) is 29.6. The van der Waals surface area contributed by atoms with Crippen molar-refractivity contribution in [2.24, 2.45) is 0 Å². The van der Waals surface area contributed by atoms with Gasteiger partial charge in [-0.25, -0.2) is 8.42 Å². The summed E-state index contributed by atoms with van der Waals surface area (Å²) in [5, 5.41) is 3.05. The van der Waals surface area contributed by atoms with E-state index in [1.54, 1.807) is 24.3 Å². The van der Waals surface area contributed by atoms with Crippen LogP contribution in [-0.2, 0) is 32.6 Å². The highest BCUT2D eigenvalue weighted by atomic mass is 32.2. The fourth-order valence-electron chi connectivity index (χ4n) is 4.92. The number of nitrogens with zero attached hydrogens (tertiary/aromatic N) is 2. The number of carbonyl (C=O) groups is 2. The van der Waals surface area contributed by atoms with E-state index >= 15 is 0 Å². The first-order chi connectivity index (χ1) is 21.5. The van der Waals surface area contributed by atoms with Crippen LogP contribution in [0.15, 0.2) is 109 Å². The van der Waals surface area contributed by atoms with Crippen molar-refractivity contribution < 1.29 is 22.7 Å². The number of hydrogen-bond donors (Lipinski definition) is 1. The zero-order valence-electron chi connectivity index (χ0n) is 26.2. The number of anilines is 1. The van der Waals surface area contributed by atoms with Gasteiger partial charge in [-0.2, -0.15) is 0 Å². The topological polar surface area (TPSA) is 96.0 Å². The molecule has 4 aromatic carbocycles. The smallest absolute Gasteiger partial charge is 0.244 e. The van der Waals surface area contributed by atoms with Gasteiger partial charge >= 0.3 is 0 Å². The third kappa shape index (κ3) is 9.68. The number of rotatable bonds is 14. The van der Waals surface area contributed by atoms with Crippen LogP contribution < -0.4 is 14.4 Å². The van der Waals surface area contributed by atoms with Gasteiger partial charge < -0.3 is 15.0 Å². The Bertz CT molecular complexity index is 1660. The largest absolute Gasteiger partial charge is 0.457 e. The Morgan fingerprint density at radius 2 is 1.42 bits per heavy atom. The molecule has 0 aliphatic heterocycles. The fourth-order valence-corrected chi connectivity index (χ4v) is 5.77. The number of sulfonamides is 1. The maximum atomic E-state index is 14.3. The van der Waals surface area contributed by atoms with Crippen molar-refractivity contribution in [3.05, 3.63) is 126 Å². The standard InChI is InChI=1S/C36H41N3O5S/c1-5-28(3)37-36(41)34(24-29-14-8-6-9-15-29)38(25-30-16-12-13-27(2)23-30)35(40)26-39(45(4,42)43)31-19-21-33(22-20-31)44-32-17-10-7-11-18-32/h6-23,28,34H,5,24-26H2,1-4H3,(H,37,41)/t28-,34+/m1/s1. The maximum absolute atomic E-state index is 14.3. The molecule has 2 amide bonds. The summed E-state index contributed by atoms with van der Waals surface area (Å²) in [7, 11) is -3.88. The van der Waals surface area contributed by atoms with E-state index in [4.69, 9.17) is 4.74 Å². The summed E-state index contributed by atoms with van der Waals surface area (Å²) >= 11 is 0. The SMILES string of the molecule is CC[C@@H](C)NC(=O)[C@H](Cc1ccccc1)N(Cc1cccc(C)c1)C(=O)CN(c1ccc(Oc2ccccc2)cc1)S(C)(=O)=O. The third-order valence-electron chi connectivity index (χ3n) is 7.49. The molecule has 0 bridgehead atoms. The van der Waals surface area contributed by atoms with Crippen LogP contribution in [0.25, 0.3) is 0 Å². The summed E-state index contributed by atoms with van der Waals surface area (Å²) in [6.07, 6.45) is 2.06. The summed E-state index contributed by atoms with van der Waals surface area (Å²) in [6, 6.07) is 32.0. The van der Waals surface area contributed by atoms with Crippen molar-refractivity contribution in [2.45, 2.75) is 52.2 Å². The van der Waals surface area contributed by atoms with Gasteiger partial charge in [0.1, 0.15) is 24.1 Å². The van der Waals surface area contributed by atoms with E-state index in [0.29, 0.717) is 17.2 Å². The second-order valence-electron chi connectivity index (χ2n) is 11.2. The molecule has 2 atom stereocenters. The van der Waals surface area contributed by atoms with Crippen molar-refractivity contribution in [1.29, 1.82) is 0 Å². The zero-order chi connectivity index (χ0) is 32.4. The molecule has 1 N–H and O–H groups in total. The molecular formula is C36H41N3O5S. The predicted molar refractivity (Wildman–Crippen MR) is 179 cm³/mol. The van der Waals surface area contributed by atoms with E-state index in [-0.39, 0.29) is 24.9 Å². The molecular weight excluding hydrogens is 586 g/mol. The molecule has 0 aromatic heterocycles. The number of benzene rings is 4. The van der Waals surface area contributed by atoms with Crippen molar-refractivity contribution in [2.75, 3.05) is 17.1 Å². The van der Waals surface area contributed by atoms with Crippen molar-refractivity contribution >= 4 is 27.5 Å². The lowest BCUT2D eigenvalue weighted by Gasteiger charge is -2.34. The lowest BCUT2D eigenvalue weighted by atomic mass is 10.0. The summed E-state index contributed by atoms with van der Waals surface area (Å²) in [6.45, 7) is 5.51. The molecule has 0 aliphatic rings. The molecule has 236 valence electrons. The minimum absolute atomic E-state index is 0.101. The third-order valence-corrected chi connectivity index (χ3v) is 8.63. The van der Waals surface area contributed by atoms with Crippen LogP contribution in [0.4, 0.5) is 5.69 Å². The van der Waals surface area contributed by atoms with Crippen LogP contribution in [0.1, 0.15) is 37.0 Å². The van der Waals surface area contributed by atoms with Gasteiger partial charge in [0, 0.05) is 19.0 Å². The first-order valence-electron chi connectivity index (χ1n) is 15.0. The normalized spacial score (nSPS) is 12.5. The molecule has 9 heteroatoms. The van der Waals surface area contributed by atoms with Gasteiger partial charge in [0.25, 0.3) is 0 Å². The molecule has 0 fully saturated rings. The van der Waals surface area contributed by atoms with Crippen LogP contribution in [-0.4, -0.2) is 50.0 Å². The molecule has 0 heterocycles. The number of carbonyl (C=O) groups excluding carboxylic acids is 2. The molecule has 0 saturated carbocycles. The molecule has 0 spiro atoms. The number of para-hydroxylation sites is 1. The van der Waals surface area contributed by atoms with E-state index in [0.717, 1.165) is 33.7 Å². The summed E-state index contributed by atoms with van der Waals surface area (Å²) in [5.74, 6) is 0.386. The Hall–Kier alpha value is -4.63. The monoisotopic (exact) mass is 627 g/mol. The highest BCUT2D eigenvalue weighted by Gasteiger charge is 2.33. The van der Waals surface area contributed by atoms with Crippen LogP contribution in [0, 0.1) is 6.92 Å². The van der Waals surface area contributed by atoms with Crippen LogP contribution >= 0.6 is 0 Å². The lowest BCUT2D eigenvalue weighted by Crippen LogP contribution is -2.54. The van der Waals surface area contributed by atoms with Crippen molar-refractivity contribution in [1.82, 2.24) is 10.2 Å². The number of hydrogen-bond acceptors (Lipinski definition) is 5. The molecule has 0 unspecified atom stereocenters. The first-order valence-corrected chi connectivity index (χ1v) is 16.9.